The number of aromatic amines is 1. The van der Waals surface area contributed by atoms with Crippen LogP contribution in [0, 0.1) is 0 Å². The van der Waals surface area contributed by atoms with E-state index in [2.05, 4.69) is 20.4 Å². The number of H-pyrrole nitrogens is 1. The van der Waals surface area contributed by atoms with Crippen molar-refractivity contribution in [2.45, 2.75) is 0 Å². The van der Waals surface area contributed by atoms with Crippen molar-refractivity contribution >= 4 is 32.6 Å². The zero-order chi connectivity index (χ0) is 13.7. The Balaban J connectivity index is 1.97. The fourth-order valence-corrected chi connectivity index (χ4v) is 3.13. The molecular formula is C13H8N4O2S. The van der Waals surface area contributed by atoms with E-state index in [1.165, 1.54) is 23.5 Å². The molecular weight excluding hydrogens is 276 g/mol. The highest BCUT2D eigenvalue weighted by atomic mass is 32.1. The number of hydrogen-bond donors (Lipinski definition) is 3. The van der Waals surface area contributed by atoms with Crippen molar-refractivity contribution < 1.29 is 10.2 Å². The van der Waals surface area contributed by atoms with Gasteiger partial charge in [-0.25, -0.2) is 4.98 Å². The maximum Gasteiger partial charge on any atom is 0.158 e. The lowest BCUT2D eigenvalue weighted by atomic mass is 10.2. The monoisotopic (exact) mass is 284 g/mol. The van der Waals surface area contributed by atoms with Gasteiger partial charge in [0, 0.05) is 5.56 Å². The van der Waals surface area contributed by atoms with E-state index in [4.69, 9.17) is 0 Å². The highest BCUT2D eigenvalue weighted by molar-refractivity contribution is 7.22. The molecule has 0 fully saturated rings. The Bertz CT molecular complexity index is 944. The van der Waals surface area contributed by atoms with Crippen LogP contribution in [0.5, 0.6) is 11.5 Å². The number of thiazole rings is 1. The average Bonchev–Trinajstić information content (AvgIpc) is 3.06. The minimum Gasteiger partial charge on any atom is -0.504 e. The zero-order valence-electron chi connectivity index (χ0n) is 10.0. The maximum atomic E-state index is 9.58. The predicted molar refractivity (Wildman–Crippen MR) is 75.8 cm³/mol. The lowest BCUT2D eigenvalue weighted by Crippen LogP contribution is -1.76. The number of benzene rings is 2. The van der Waals surface area contributed by atoms with Gasteiger partial charge in [0.2, 0.25) is 0 Å². The molecule has 0 atom stereocenters. The molecule has 4 aromatic rings. The van der Waals surface area contributed by atoms with Gasteiger partial charge >= 0.3 is 0 Å². The Morgan fingerprint density at radius 1 is 1.00 bits per heavy atom. The van der Waals surface area contributed by atoms with Crippen molar-refractivity contribution in [3.05, 3.63) is 30.3 Å². The van der Waals surface area contributed by atoms with Crippen molar-refractivity contribution in [2.75, 3.05) is 0 Å². The topological polar surface area (TPSA) is 94.9 Å². The van der Waals surface area contributed by atoms with Gasteiger partial charge < -0.3 is 10.2 Å². The van der Waals surface area contributed by atoms with Gasteiger partial charge in [-0.2, -0.15) is 0 Å². The van der Waals surface area contributed by atoms with Gasteiger partial charge in [-0.05, 0) is 30.3 Å². The van der Waals surface area contributed by atoms with Crippen LogP contribution in [0.15, 0.2) is 30.3 Å². The van der Waals surface area contributed by atoms with Crippen molar-refractivity contribution in [3.8, 4) is 22.1 Å². The van der Waals surface area contributed by atoms with E-state index in [9.17, 15) is 10.2 Å². The van der Waals surface area contributed by atoms with Gasteiger partial charge in [0.05, 0.1) is 10.2 Å². The molecule has 0 aliphatic carbocycles. The largest absolute Gasteiger partial charge is 0.504 e. The molecule has 0 bridgehead atoms. The Labute approximate surface area is 116 Å². The molecule has 2 aromatic carbocycles. The summed E-state index contributed by atoms with van der Waals surface area (Å²) in [5.74, 6) is -0.301. The number of hydrogen-bond acceptors (Lipinski definition) is 6. The second kappa shape index (κ2) is 3.91. The summed E-state index contributed by atoms with van der Waals surface area (Å²) in [6.45, 7) is 0. The third-order valence-corrected chi connectivity index (χ3v) is 4.22. The number of phenols is 2. The standard InChI is InChI=1S/C13H8N4O2S/c18-9-4-1-6(5-10(9)19)13-14-8-3-2-7-11(12(8)20-13)16-17-15-7/h1-5,18-19H,(H,15,16,17). The summed E-state index contributed by atoms with van der Waals surface area (Å²) in [4.78, 5) is 4.53. The number of aromatic nitrogens is 4. The SMILES string of the molecule is Oc1ccc(-c2nc3ccc4nn[nH]c4c3s2)cc1O. The summed E-state index contributed by atoms with van der Waals surface area (Å²) in [5.41, 5.74) is 3.24. The molecule has 0 aliphatic heterocycles. The molecule has 98 valence electrons. The predicted octanol–water partition coefficient (Wildman–Crippen LogP) is 2.65. The number of nitrogens with one attached hydrogen (secondary N) is 1. The van der Waals surface area contributed by atoms with Crippen LogP contribution in [0.25, 0.3) is 31.8 Å². The molecule has 0 aliphatic rings. The third-order valence-electron chi connectivity index (χ3n) is 3.08. The Kier molecular flexibility index (Phi) is 2.19. The first kappa shape index (κ1) is 11.2. The van der Waals surface area contributed by atoms with Crippen LogP contribution in [-0.2, 0) is 0 Å². The molecule has 4 rings (SSSR count). The smallest absolute Gasteiger partial charge is 0.158 e. The first-order chi connectivity index (χ1) is 9.72. The number of aromatic hydroxyl groups is 2. The first-order valence-electron chi connectivity index (χ1n) is 5.85. The van der Waals surface area contributed by atoms with Gasteiger partial charge in [-0.15, -0.1) is 16.4 Å². The molecule has 0 spiro atoms. The Hall–Kier alpha value is -2.67. The summed E-state index contributed by atoms with van der Waals surface area (Å²) in [6.07, 6.45) is 0. The molecule has 7 heteroatoms. The van der Waals surface area contributed by atoms with Crippen molar-refractivity contribution in [1.82, 2.24) is 20.4 Å². The van der Waals surface area contributed by atoms with E-state index >= 15 is 0 Å². The van der Waals surface area contributed by atoms with Gasteiger partial charge in [0.25, 0.3) is 0 Å². The summed E-state index contributed by atoms with van der Waals surface area (Å²) in [5, 5.41) is 30.3. The Morgan fingerprint density at radius 2 is 1.85 bits per heavy atom. The van der Waals surface area contributed by atoms with Crippen LogP contribution in [0.2, 0.25) is 0 Å². The second-order valence-electron chi connectivity index (χ2n) is 4.34. The van der Waals surface area contributed by atoms with E-state index in [1.807, 2.05) is 12.1 Å². The maximum absolute atomic E-state index is 9.58. The summed E-state index contributed by atoms with van der Waals surface area (Å²) >= 11 is 1.48. The van der Waals surface area contributed by atoms with Crippen LogP contribution in [0.3, 0.4) is 0 Å². The van der Waals surface area contributed by atoms with Gasteiger partial charge in [-0.1, -0.05) is 5.21 Å². The third kappa shape index (κ3) is 1.53. The molecule has 2 aromatic heterocycles. The summed E-state index contributed by atoms with van der Waals surface area (Å²) < 4.78 is 0.968. The number of phenolic OH excluding ortho intramolecular Hbond substituents is 2. The van der Waals surface area contributed by atoms with Crippen LogP contribution in [-0.4, -0.2) is 30.6 Å². The molecule has 0 unspecified atom stereocenters. The van der Waals surface area contributed by atoms with Crippen molar-refractivity contribution in [1.29, 1.82) is 0 Å². The quantitative estimate of drug-likeness (QED) is 0.467. The minimum atomic E-state index is -0.157. The average molecular weight is 284 g/mol. The first-order valence-corrected chi connectivity index (χ1v) is 6.67. The van der Waals surface area contributed by atoms with E-state index in [0.717, 1.165) is 31.8 Å². The molecule has 3 N–H and O–H groups in total. The molecule has 20 heavy (non-hydrogen) atoms. The number of nitrogens with zero attached hydrogens (tertiary/aromatic N) is 3. The van der Waals surface area contributed by atoms with Crippen LogP contribution < -0.4 is 0 Å². The fourth-order valence-electron chi connectivity index (χ4n) is 2.08. The van der Waals surface area contributed by atoms with E-state index in [-0.39, 0.29) is 11.5 Å². The minimum absolute atomic E-state index is 0.144. The molecule has 0 saturated heterocycles. The summed E-state index contributed by atoms with van der Waals surface area (Å²) in [6, 6.07) is 8.41. The van der Waals surface area contributed by atoms with Gasteiger partial charge in [-0.3, -0.25) is 5.10 Å². The highest BCUT2D eigenvalue weighted by Gasteiger charge is 2.12. The van der Waals surface area contributed by atoms with E-state index < -0.39 is 0 Å². The van der Waals surface area contributed by atoms with Crippen LogP contribution >= 0.6 is 11.3 Å². The molecule has 6 nitrogen and oxygen atoms in total. The fraction of sp³-hybridized carbons (Fsp3) is 0. The highest BCUT2D eigenvalue weighted by Crippen LogP contribution is 2.36. The normalized spacial score (nSPS) is 11.4. The number of fused-ring (bicyclic) bond motifs is 3. The Morgan fingerprint density at radius 3 is 2.70 bits per heavy atom. The lowest BCUT2D eigenvalue weighted by molar-refractivity contribution is 0.404. The van der Waals surface area contributed by atoms with Gasteiger partial charge in [0.1, 0.15) is 16.0 Å². The van der Waals surface area contributed by atoms with Crippen molar-refractivity contribution in [3.63, 3.8) is 0 Å². The second-order valence-corrected chi connectivity index (χ2v) is 5.34. The number of rotatable bonds is 1. The summed E-state index contributed by atoms with van der Waals surface area (Å²) in [7, 11) is 0. The van der Waals surface area contributed by atoms with E-state index in [1.54, 1.807) is 6.07 Å². The van der Waals surface area contributed by atoms with E-state index in [0.29, 0.717) is 0 Å². The lowest BCUT2D eigenvalue weighted by Gasteiger charge is -1.99. The molecule has 0 saturated carbocycles. The van der Waals surface area contributed by atoms with Crippen molar-refractivity contribution in [2.24, 2.45) is 0 Å². The van der Waals surface area contributed by atoms with Gasteiger partial charge in [0.15, 0.2) is 11.5 Å². The van der Waals surface area contributed by atoms with Crippen LogP contribution in [0.4, 0.5) is 0 Å². The molecule has 0 amide bonds. The molecule has 0 radical (unpaired) electrons. The van der Waals surface area contributed by atoms with Crippen LogP contribution in [0.1, 0.15) is 0 Å². The zero-order valence-corrected chi connectivity index (χ0v) is 10.8. The molecule has 2 heterocycles.